The summed E-state index contributed by atoms with van der Waals surface area (Å²) in [5.41, 5.74) is 1.99. The van der Waals surface area contributed by atoms with Gasteiger partial charge >= 0.3 is 11.9 Å². The van der Waals surface area contributed by atoms with Gasteiger partial charge in [-0.3, -0.25) is 0 Å². The maximum Gasteiger partial charge on any atom is 0.340 e. The molecule has 0 fully saturated rings. The van der Waals surface area contributed by atoms with E-state index in [9.17, 15) is 9.59 Å². The van der Waals surface area contributed by atoms with Crippen LogP contribution in [0.4, 0.5) is 0 Å². The molecule has 0 aliphatic carbocycles. The summed E-state index contributed by atoms with van der Waals surface area (Å²) in [6.07, 6.45) is -0.228. The lowest BCUT2D eigenvalue weighted by atomic mass is 9.77. The van der Waals surface area contributed by atoms with E-state index in [0.717, 1.165) is 11.1 Å². The van der Waals surface area contributed by atoms with Crippen LogP contribution >= 0.6 is 0 Å². The van der Waals surface area contributed by atoms with Gasteiger partial charge in [0.15, 0.2) is 5.60 Å². The Morgan fingerprint density at radius 1 is 0.897 bits per heavy atom. The zero-order valence-electron chi connectivity index (χ0n) is 16.0. The summed E-state index contributed by atoms with van der Waals surface area (Å²) < 4.78 is 17.5. The molecule has 3 aromatic rings. The lowest BCUT2D eigenvalue weighted by molar-refractivity contribution is 0.0221. The molecule has 1 unspecified atom stereocenters. The quantitative estimate of drug-likeness (QED) is 0.591. The number of hydrogen-bond donors (Lipinski definition) is 0. The molecule has 0 amide bonds. The van der Waals surface area contributed by atoms with E-state index in [1.54, 1.807) is 38.1 Å². The lowest BCUT2D eigenvalue weighted by Gasteiger charge is -2.36. The minimum absolute atomic E-state index is 0.228. The van der Waals surface area contributed by atoms with Gasteiger partial charge < -0.3 is 14.2 Å². The summed E-state index contributed by atoms with van der Waals surface area (Å²) in [4.78, 5) is 25.1. The molecule has 2 aliphatic rings. The van der Waals surface area contributed by atoms with Crippen molar-refractivity contribution in [3.8, 4) is 11.5 Å². The van der Waals surface area contributed by atoms with E-state index >= 15 is 0 Å². The molecular formula is C24H18O5. The largest absolute Gasteiger partial charge is 0.459 e. The molecule has 5 nitrogen and oxygen atoms in total. The molecule has 0 saturated heterocycles. The van der Waals surface area contributed by atoms with Gasteiger partial charge in [0.1, 0.15) is 11.5 Å². The minimum atomic E-state index is -1.11. The van der Waals surface area contributed by atoms with E-state index in [2.05, 4.69) is 0 Å². The molecule has 3 aromatic carbocycles. The van der Waals surface area contributed by atoms with Crippen LogP contribution < -0.4 is 4.74 Å². The first-order chi connectivity index (χ1) is 14.0. The highest BCUT2D eigenvalue weighted by Gasteiger charge is 2.53. The highest BCUT2D eigenvalue weighted by atomic mass is 16.6. The molecule has 1 atom stereocenters. The molecule has 2 heterocycles. The predicted molar refractivity (Wildman–Crippen MR) is 105 cm³/mol. The van der Waals surface area contributed by atoms with Gasteiger partial charge in [-0.05, 0) is 44.2 Å². The second kappa shape index (κ2) is 6.21. The second-order valence-corrected chi connectivity index (χ2v) is 7.38. The summed E-state index contributed by atoms with van der Waals surface area (Å²) in [6, 6.07) is 19.9. The Kier molecular flexibility index (Phi) is 3.74. The van der Waals surface area contributed by atoms with Crippen molar-refractivity contribution < 1.29 is 23.8 Å². The van der Waals surface area contributed by atoms with Crippen molar-refractivity contribution >= 4 is 11.9 Å². The Morgan fingerprint density at radius 2 is 1.59 bits per heavy atom. The maximum absolute atomic E-state index is 12.7. The van der Waals surface area contributed by atoms with E-state index in [-0.39, 0.29) is 12.1 Å². The number of benzene rings is 3. The topological polar surface area (TPSA) is 61.8 Å². The van der Waals surface area contributed by atoms with Crippen molar-refractivity contribution in [3.63, 3.8) is 0 Å². The highest BCUT2D eigenvalue weighted by Crippen LogP contribution is 2.55. The van der Waals surface area contributed by atoms with Gasteiger partial charge in [0.25, 0.3) is 0 Å². The standard InChI is InChI=1S/C24H18O5/c1-14(2)27-22(25)15-11-12-19-21(13-15)28-20-10-6-5-9-18(20)24(19)17-8-4-3-7-16(17)23(26)29-24/h3-14H,1-2H3. The van der Waals surface area contributed by atoms with E-state index in [0.29, 0.717) is 28.2 Å². The predicted octanol–water partition coefficient (Wildman–Crippen LogP) is 4.82. The van der Waals surface area contributed by atoms with Crippen molar-refractivity contribution in [2.45, 2.75) is 25.6 Å². The third kappa shape index (κ3) is 2.47. The smallest absolute Gasteiger partial charge is 0.340 e. The van der Waals surface area contributed by atoms with Gasteiger partial charge in [-0.1, -0.05) is 36.4 Å². The molecule has 0 aromatic heterocycles. The van der Waals surface area contributed by atoms with E-state index in [4.69, 9.17) is 14.2 Å². The highest BCUT2D eigenvalue weighted by molar-refractivity contribution is 5.97. The number of esters is 2. The summed E-state index contributed by atoms with van der Waals surface area (Å²) in [7, 11) is 0. The molecule has 0 N–H and O–H groups in total. The molecule has 5 rings (SSSR count). The third-order valence-electron chi connectivity index (χ3n) is 5.20. The van der Waals surface area contributed by atoms with E-state index in [1.165, 1.54) is 0 Å². The van der Waals surface area contributed by atoms with E-state index in [1.807, 2.05) is 42.5 Å². The average molecular weight is 386 g/mol. The van der Waals surface area contributed by atoms with Crippen LogP contribution in [0.5, 0.6) is 11.5 Å². The van der Waals surface area contributed by atoms with Gasteiger partial charge in [-0.15, -0.1) is 0 Å². The average Bonchev–Trinajstić information content (AvgIpc) is 3.01. The minimum Gasteiger partial charge on any atom is -0.459 e. The van der Waals surface area contributed by atoms with Gasteiger partial charge in [-0.25, -0.2) is 9.59 Å². The SMILES string of the molecule is CC(C)OC(=O)c1ccc2c(c1)Oc1ccccc1C21OC(=O)c2ccccc21. The van der Waals surface area contributed by atoms with Crippen molar-refractivity contribution in [3.05, 3.63) is 94.5 Å². The van der Waals surface area contributed by atoms with Gasteiger partial charge in [0.2, 0.25) is 0 Å². The van der Waals surface area contributed by atoms with Crippen molar-refractivity contribution in [1.29, 1.82) is 0 Å². The van der Waals surface area contributed by atoms with Crippen LogP contribution in [-0.2, 0) is 15.1 Å². The lowest BCUT2D eigenvalue weighted by Crippen LogP contribution is -2.33. The first kappa shape index (κ1) is 17.5. The number of hydrogen-bond acceptors (Lipinski definition) is 5. The Balaban J connectivity index is 1.75. The molecule has 1 spiro atoms. The molecule has 0 saturated carbocycles. The number of fused-ring (bicyclic) bond motifs is 6. The molecule has 0 radical (unpaired) electrons. The van der Waals surface area contributed by atoms with Crippen LogP contribution in [0.15, 0.2) is 66.7 Å². The maximum atomic E-state index is 12.7. The van der Waals surface area contributed by atoms with E-state index < -0.39 is 11.6 Å². The van der Waals surface area contributed by atoms with Crippen LogP contribution in [0.1, 0.15) is 51.3 Å². The van der Waals surface area contributed by atoms with Crippen LogP contribution in [-0.4, -0.2) is 18.0 Å². The Labute approximate surface area is 167 Å². The molecular weight excluding hydrogens is 368 g/mol. The van der Waals surface area contributed by atoms with Crippen LogP contribution in [0.3, 0.4) is 0 Å². The number of para-hydroxylation sites is 1. The Bertz CT molecular complexity index is 1160. The summed E-state index contributed by atoms with van der Waals surface area (Å²) in [6.45, 7) is 3.60. The fraction of sp³-hybridized carbons (Fsp3) is 0.167. The molecule has 0 bridgehead atoms. The molecule has 2 aliphatic heterocycles. The Hall–Kier alpha value is -3.60. The van der Waals surface area contributed by atoms with Gasteiger partial charge in [-0.2, -0.15) is 0 Å². The summed E-state index contributed by atoms with van der Waals surface area (Å²) in [5, 5.41) is 0. The fourth-order valence-corrected chi connectivity index (χ4v) is 4.03. The van der Waals surface area contributed by atoms with Crippen LogP contribution in [0, 0.1) is 0 Å². The van der Waals surface area contributed by atoms with Crippen molar-refractivity contribution in [2.24, 2.45) is 0 Å². The molecule has 5 heteroatoms. The number of carbonyl (C=O) groups excluding carboxylic acids is 2. The molecule has 144 valence electrons. The summed E-state index contributed by atoms with van der Waals surface area (Å²) >= 11 is 0. The first-order valence-electron chi connectivity index (χ1n) is 9.46. The van der Waals surface area contributed by atoms with Crippen LogP contribution in [0.25, 0.3) is 0 Å². The number of carbonyl (C=O) groups is 2. The number of rotatable bonds is 2. The van der Waals surface area contributed by atoms with Crippen molar-refractivity contribution in [2.75, 3.05) is 0 Å². The first-order valence-corrected chi connectivity index (χ1v) is 9.46. The van der Waals surface area contributed by atoms with Crippen LogP contribution in [0.2, 0.25) is 0 Å². The normalized spacial score (nSPS) is 18.5. The van der Waals surface area contributed by atoms with Crippen molar-refractivity contribution in [1.82, 2.24) is 0 Å². The zero-order chi connectivity index (χ0) is 20.2. The fourth-order valence-electron chi connectivity index (χ4n) is 4.03. The van der Waals surface area contributed by atoms with Gasteiger partial charge in [0, 0.05) is 16.7 Å². The van der Waals surface area contributed by atoms with Gasteiger partial charge in [0.05, 0.1) is 17.2 Å². The Morgan fingerprint density at radius 3 is 2.38 bits per heavy atom. The third-order valence-corrected chi connectivity index (χ3v) is 5.20. The second-order valence-electron chi connectivity index (χ2n) is 7.38. The monoisotopic (exact) mass is 386 g/mol. The summed E-state index contributed by atoms with van der Waals surface area (Å²) in [5.74, 6) is 0.236. The number of ether oxygens (including phenoxy) is 3. The zero-order valence-corrected chi connectivity index (χ0v) is 16.0. The molecule has 29 heavy (non-hydrogen) atoms.